The Labute approximate surface area is 208 Å². The zero-order chi connectivity index (χ0) is 24.8. The van der Waals surface area contributed by atoms with Crippen molar-refractivity contribution in [3.63, 3.8) is 0 Å². The molecule has 182 valence electrons. The van der Waals surface area contributed by atoms with E-state index in [1.54, 1.807) is 12.1 Å². The number of aliphatic carboxylic acids is 1. The first-order valence-electron chi connectivity index (χ1n) is 11.6. The number of hydrogen-bond donors (Lipinski definition) is 3. The Hall–Kier alpha value is -3.65. The molecule has 2 atom stereocenters. The van der Waals surface area contributed by atoms with Gasteiger partial charge < -0.3 is 20.5 Å². The molecule has 2 amide bonds. The number of thiophene rings is 1. The fraction of sp³-hybridized carbons (Fsp3) is 0.296. The molecule has 35 heavy (non-hydrogen) atoms. The second-order valence-corrected chi connectivity index (χ2v) is 9.46. The maximum atomic E-state index is 13.0. The predicted molar refractivity (Wildman–Crippen MR) is 134 cm³/mol. The van der Waals surface area contributed by atoms with Crippen molar-refractivity contribution in [2.45, 2.75) is 44.2 Å². The topological polar surface area (TPSA) is 105 Å². The minimum Gasteiger partial charge on any atom is -0.481 e. The summed E-state index contributed by atoms with van der Waals surface area (Å²) in [5.74, 6) is -1.52. The zero-order valence-corrected chi connectivity index (χ0v) is 20.2. The van der Waals surface area contributed by atoms with Gasteiger partial charge in [0.25, 0.3) is 0 Å². The summed E-state index contributed by atoms with van der Waals surface area (Å²) in [7, 11) is 0. The van der Waals surface area contributed by atoms with Gasteiger partial charge in [0, 0.05) is 10.8 Å². The third-order valence-corrected chi connectivity index (χ3v) is 7.10. The summed E-state index contributed by atoms with van der Waals surface area (Å²) in [4.78, 5) is 37.7. The van der Waals surface area contributed by atoms with E-state index in [2.05, 4.69) is 22.8 Å². The lowest BCUT2D eigenvalue weighted by molar-refractivity contribution is -0.137. The number of carboxylic acid groups (broad SMARTS) is 1. The molecule has 1 heterocycles. The molecule has 2 unspecified atom stereocenters. The van der Waals surface area contributed by atoms with Gasteiger partial charge in [-0.15, -0.1) is 11.3 Å². The van der Waals surface area contributed by atoms with E-state index in [0.717, 1.165) is 27.1 Å². The lowest BCUT2D eigenvalue weighted by Gasteiger charge is -2.22. The SMILES string of the molecule is CCCC(NC(=O)OCC1c2ccccc2-c2ccccc21)C(=O)NC(CC(=O)O)c1cccs1. The number of carbonyl (C=O) groups is 3. The molecule has 0 aliphatic heterocycles. The Morgan fingerprint density at radius 1 is 0.971 bits per heavy atom. The van der Waals surface area contributed by atoms with E-state index in [1.807, 2.05) is 48.7 Å². The van der Waals surface area contributed by atoms with E-state index < -0.39 is 30.1 Å². The predicted octanol–water partition coefficient (Wildman–Crippen LogP) is 5.09. The standard InChI is InChI=1S/C27H28N2O5S/c1-2-8-22(26(32)28-23(15-25(30)31)24-13-7-14-35-24)29-27(33)34-16-21-19-11-5-3-9-17(19)18-10-4-6-12-20(18)21/h3-7,9-14,21-23H,2,8,15-16H2,1H3,(H,28,32)(H,29,33)(H,30,31). The molecule has 0 saturated carbocycles. The lowest BCUT2D eigenvalue weighted by Crippen LogP contribution is -2.48. The zero-order valence-electron chi connectivity index (χ0n) is 19.4. The number of alkyl carbamates (subject to hydrolysis) is 1. The third-order valence-electron chi connectivity index (χ3n) is 6.11. The molecule has 3 aromatic rings. The fourth-order valence-electron chi connectivity index (χ4n) is 4.50. The first kappa shape index (κ1) is 24.5. The summed E-state index contributed by atoms with van der Waals surface area (Å²) >= 11 is 1.37. The summed E-state index contributed by atoms with van der Waals surface area (Å²) in [6.07, 6.45) is 0.145. The average Bonchev–Trinajstić information content (AvgIpc) is 3.49. The van der Waals surface area contributed by atoms with Crippen LogP contribution in [-0.4, -0.2) is 35.7 Å². The molecule has 7 nitrogen and oxygen atoms in total. The second-order valence-electron chi connectivity index (χ2n) is 8.49. The summed E-state index contributed by atoms with van der Waals surface area (Å²) in [6, 6.07) is 18.3. The van der Waals surface area contributed by atoms with Crippen LogP contribution >= 0.6 is 11.3 Å². The molecule has 0 fully saturated rings. The number of nitrogens with one attached hydrogen (secondary N) is 2. The van der Waals surface area contributed by atoms with Crippen molar-refractivity contribution in [1.29, 1.82) is 0 Å². The Balaban J connectivity index is 1.40. The van der Waals surface area contributed by atoms with Crippen molar-refractivity contribution < 1.29 is 24.2 Å². The van der Waals surface area contributed by atoms with Crippen molar-refractivity contribution in [1.82, 2.24) is 10.6 Å². The Morgan fingerprint density at radius 2 is 1.63 bits per heavy atom. The normalized spacial score (nSPS) is 13.9. The maximum absolute atomic E-state index is 13.0. The highest BCUT2D eigenvalue weighted by molar-refractivity contribution is 7.10. The Morgan fingerprint density at radius 3 is 2.20 bits per heavy atom. The van der Waals surface area contributed by atoms with Crippen molar-refractivity contribution in [3.05, 3.63) is 82.0 Å². The largest absolute Gasteiger partial charge is 0.481 e. The summed E-state index contributed by atoms with van der Waals surface area (Å²) < 4.78 is 5.59. The van der Waals surface area contributed by atoms with Crippen LogP contribution in [-0.2, 0) is 14.3 Å². The van der Waals surface area contributed by atoms with Gasteiger partial charge in [-0.1, -0.05) is 67.9 Å². The van der Waals surface area contributed by atoms with Crippen LogP contribution in [0.1, 0.15) is 54.1 Å². The van der Waals surface area contributed by atoms with Crippen LogP contribution in [0.5, 0.6) is 0 Å². The number of fused-ring (bicyclic) bond motifs is 3. The molecule has 1 aliphatic carbocycles. The molecule has 0 spiro atoms. The fourth-order valence-corrected chi connectivity index (χ4v) is 5.28. The minimum absolute atomic E-state index is 0.0784. The van der Waals surface area contributed by atoms with Gasteiger partial charge in [0.2, 0.25) is 5.91 Å². The quantitative estimate of drug-likeness (QED) is 0.366. The van der Waals surface area contributed by atoms with Crippen LogP contribution in [0.3, 0.4) is 0 Å². The molecular weight excluding hydrogens is 464 g/mol. The summed E-state index contributed by atoms with van der Waals surface area (Å²) in [6.45, 7) is 2.06. The van der Waals surface area contributed by atoms with Crippen LogP contribution in [0, 0.1) is 0 Å². The molecular formula is C27H28N2O5S. The van der Waals surface area contributed by atoms with E-state index in [1.165, 1.54) is 11.3 Å². The Bertz CT molecular complexity index is 1150. The smallest absolute Gasteiger partial charge is 0.407 e. The van der Waals surface area contributed by atoms with Crippen LogP contribution in [0.2, 0.25) is 0 Å². The molecule has 8 heteroatoms. The number of hydrogen-bond acceptors (Lipinski definition) is 5. The van der Waals surface area contributed by atoms with Gasteiger partial charge in [0.1, 0.15) is 12.6 Å². The van der Waals surface area contributed by atoms with E-state index in [0.29, 0.717) is 12.8 Å². The van der Waals surface area contributed by atoms with Gasteiger partial charge in [0.15, 0.2) is 0 Å². The molecule has 2 aromatic carbocycles. The van der Waals surface area contributed by atoms with Crippen molar-refractivity contribution in [3.8, 4) is 11.1 Å². The van der Waals surface area contributed by atoms with E-state index in [4.69, 9.17) is 4.74 Å². The first-order chi connectivity index (χ1) is 17.0. The lowest BCUT2D eigenvalue weighted by atomic mass is 9.98. The summed E-state index contributed by atoms with van der Waals surface area (Å²) in [5, 5.41) is 16.5. The van der Waals surface area contributed by atoms with Crippen LogP contribution in [0.4, 0.5) is 4.79 Å². The number of benzene rings is 2. The minimum atomic E-state index is -1.01. The van der Waals surface area contributed by atoms with Gasteiger partial charge in [-0.25, -0.2) is 4.79 Å². The van der Waals surface area contributed by atoms with Crippen LogP contribution < -0.4 is 10.6 Å². The van der Waals surface area contributed by atoms with Gasteiger partial charge in [-0.2, -0.15) is 0 Å². The van der Waals surface area contributed by atoms with Crippen LogP contribution in [0.25, 0.3) is 11.1 Å². The van der Waals surface area contributed by atoms with Gasteiger partial charge in [-0.05, 0) is 40.1 Å². The monoisotopic (exact) mass is 492 g/mol. The van der Waals surface area contributed by atoms with E-state index in [9.17, 15) is 19.5 Å². The summed E-state index contributed by atoms with van der Waals surface area (Å²) in [5.41, 5.74) is 4.49. The number of ether oxygens (including phenoxy) is 1. The van der Waals surface area contributed by atoms with Crippen molar-refractivity contribution >= 4 is 29.3 Å². The molecule has 0 saturated heterocycles. The molecule has 4 rings (SSSR count). The number of amides is 2. The van der Waals surface area contributed by atoms with E-state index >= 15 is 0 Å². The highest BCUT2D eigenvalue weighted by Gasteiger charge is 2.30. The van der Waals surface area contributed by atoms with Gasteiger partial charge >= 0.3 is 12.1 Å². The molecule has 3 N–H and O–H groups in total. The molecule has 1 aliphatic rings. The number of carbonyl (C=O) groups excluding carboxylic acids is 2. The van der Waals surface area contributed by atoms with E-state index in [-0.39, 0.29) is 18.9 Å². The first-order valence-corrected chi connectivity index (χ1v) is 12.5. The number of rotatable bonds is 10. The average molecular weight is 493 g/mol. The molecule has 1 aromatic heterocycles. The molecule has 0 radical (unpaired) electrons. The highest BCUT2D eigenvalue weighted by Crippen LogP contribution is 2.44. The highest BCUT2D eigenvalue weighted by atomic mass is 32.1. The third kappa shape index (κ3) is 5.71. The van der Waals surface area contributed by atoms with Gasteiger partial charge in [-0.3, -0.25) is 9.59 Å². The van der Waals surface area contributed by atoms with Crippen molar-refractivity contribution in [2.24, 2.45) is 0 Å². The Kier molecular flexibility index (Phi) is 7.82. The maximum Gasteiger partial charge on any atom is 0.407 e. The van der Waals surface area contributed by atoms with Gasteiger partial charge in [0.05, 0.1) is 12.5 Å². The molecule has 0 bridgehead atoms. The van der Waals surface area contributed by atoms with Crippen LogP contribution in [0.15, 0.2) is 66.0 Å². The number of carboxylic acids is 1. The van der Waals surface area contributed by atoms with Crippen molar-refractivity contribution in [2.75, 3.05) is 6.61 Å². The second kappa shape index (κ2) is 11.2.